The van der Waals surface area contributed by atoms with Crippen molar-refractivity contribution in [3.05, 3.63) is 95.5 Å². The topological polar surface area (TPSA) is 71.1 Å². The molecule has 0 saturated heterocycles. The van der Waals surface area contributed by atoms with Gasteiger partial charge in [-0.15, -0.1) is 0 Å². The third kappa shape index (κ3) is 7.51. The van der Waals surface area contributed by atoms with Crippen LogP contribution in [0.25, 0.3) is 0 Å². The lowest BCUT2D eigenvalue weighted by molar-refractivity contribution is 0.0615. The van der Waals surface area contributed by atoms with Crippen LogP contribution in [-0.2, 0) is 9.47 Å². The van der Waals surface area contributed by atoms with E-state index in [2.05, 4.69) is 0 Å². The van der Waals surface area contributed by atoms with Gasteiger partial charge in [-0.05, 0) is 87.5 Å². The molecule has 6 heteroatoms. The molecule has 0 aliphatic rings. The molecule has 6 nitrogen and oxygen atoms in total. The third-order valence-corrected chi connectivity index (χ3v) is 4.00. The summed E-state index contributed by atoms with van der Waals surface area (Å²) >= 11 is 0. The molecule has 0 aromatic heterocycles. The van der Waals surface area contributed by atoms with Crippen molar-refractivity contribution in [2.24, 2.45) is 0 Å². The zero-order chi connectivity index (χ0) is 22.6. The Hall–Kier alpha value is -3.80. The first-order chi connectivity index (χ1) is 15.0. The van der Waals surface area contributed by atoms with Crippen molar-refractivity contribution in [2.45, 2.75) is 20.8 Å². The highest BCUT2D eigenvalue weighted by Crippen LogP contribution is 2.16. The van der Waals surface area contributed by atoms with Gasteiger partial charge in [0.15, 0.2) is 0 Å². The van der Waals surface area contributed by atoms with E-state index in [9.17, 15) is 9.59 Å². The van der Waals surface area contributed by atoms with Crippen LogP contribution in [0.5, 0.6) is 11.5 Å². The molecule has 0 fully saturated rings. The molecule has 0 radical (unpaired) electrons. The van der Waals surface area contributed by atoms with Crippen LogP contribution in [0, 0.1) is 0 Å². The number of carbonyl (C=O) groups excluding carboxylic acids is 2. The van der Waals surface area contributed by atoms with E-state index in [1.165, 1.54) is 0 Å². The Morgan fingerprint density at radius 2 is 1.39 bits per heavy atom. The molecule has 0 aliphatic carbocycles. The highest BCUT2D eigenvalue weighted by molar-refractivity contribution is 5.91. The summed E-state index contributed by atoms with van der Waals surface area (Å²) in [5.74, 6) is 0.983. The van der Waals surface area contributed by atoms with Gasteiger partial charge in [-0.2, -0.15) is 0 Å². The van der Waals surface area contributed by atoms with Crippen LogP contribution >= 0.6 is 0 Å². The molecule has 0 amide bonds. The molecule has 0 unspecified atom stereocenters. The van der Waals surface area contributed by atoms with Crippen molar-refractivity contribution in [3.8, 4) is 11.5 Å². The molecule has 0 atom stereocenters. The maximum Gasteiger partial charge on any atom is 0.343 e. The highest BCUT2D eigenvalue weighted by Gasteiger charge is 2.10. The average molecular weight is 422 g/mol. The van der Waals surface area contributed by atoms with E-state index in [4.69, 9.17) is 18.9 Å². The molecule has 0 saturated carbocycles. The van der Waals surface area contributed by atoms with Crippen LogP contribution in [0.2, 0.25) is 0 Å². The van der Waals surface area contributed by atoms with Crippen molar-refractivity contribution in [2.75, 3.05) is 13.7 Å². The van der Waals surface area contributed by atoms with Gasteiger partial charge in [-0.3, -0.25) is 0 Å². The van der Waals surface area contributed by atoms with E-state index in [-0.39, 0.29) is 0 Å². The molecule has 31 heavy (non-hydrogen) atoms. The van der Waals surface area contributed by atoms with Gasteiger partial charge >= 0.3 is 11.9 Å². The van der Waals surface area contributed by atoms with Crippen molar-refractivity contribution in [3.63, 3.8) is 0 Å². The maximum absolute atomic E-state index is 12.4. The average Bonchev–Trinajstić information content (AvgIpc) is 2.78. The second-order valence-electron chi connectivity index (χ2n) is 6.31. The van der Waals surface area contributed by atoms with Gasteiger partial charge in [-0.25, -0.2) is 9.59 Å². The zero-order valence-corrected chi connectivity index (χ0v) is 18.1. The highest BCUT2D eigenvalue weighted by atomic mass is 16.5. The fourth-order valence-electron chi connectivity index (χ4n) is 2.47. The van der Waals surface area contributed by atoms with E-state index >= 15 is 0 Å². The lowest BCUT2D eigenvalue weighted by Crippen LogP contribution is -2.05. The molecule has 2 rings (SSSR count). The van der Waals surface area contributed by atoms with Crippen LogP contribution in [0.1, 0.15) is 41.5 Å². The number of rotatable bonds is 9. The van der Waals surface area contributed by atoms with Crippen LogP contribution in [0.4, 0.5) is 0 Å². The minimum atomic E-state index is -0.510. The number of hydrogen-bond donors (Lipinski definition) is 0. The summed E-state index contributed by atoms with van der Waals surface area (Å²) in [6, 6.07) is 13.3. The van der Waals surface area contributed by atoms with Gasteiger partial charge in [0.05, 0.1) is 24.8 Å². The summed E-state index contributed by atoms with van der Waals surface area (Å²) in [5.41, 5.74) is 0.790. The first-order valence-corrected chi connectivity index (χ1v) is 9.79. The van der Waals surface area contributed by atoms with Gasteiger partial charge in [0.1, 0.15) is 23.0 Å². The van der Waals surface area contributed by atoms with Gasteiger partial charge in [0.2, 0.25) is 0 Å². The Labute approximate surface area is 182 Å². The lowest BCUT2D eigenvalue weighted by atomic mass is 10.2. The number of esters is 2. The lowest BCUT2D eigenvalue weighted by Gasteiger charge is -2.07. The van der Waals surface area contributed by atoms with Crippen LogP contribution in [0.3, 0.4) is 0 Å². The van der Waals surface area contributed by atoms with Gasteiger partial charge in [-0.1, -0.05) is 6.08 Å². The number of hydrogen-bond acceptors (Lipinski definition) is 6. The normalized spacial score (nSPS) is 11.9. The van der Waals surface area contributed by atoms with Crippen molar-refractivity contribution >= 4 is 11.9 Å². The van der Waals surface area contributed by atoms with E-state index < -0.39 is 11.9 Å². The van der Waals surface area contributed by atoms with Gasteiger partial charge in [0, 0.05) is 0 Å². The second kappa shape index (κ2) is 12.0. The van der Waals surface area contributed by atoms with Crippen molar-refractivity contribution in [1.82, 2.24) is 0 Å². The molecule has 0 N–H and O–H groups in total. The molecule has 2 aromatic carbocycles. The Kier molecular flexibility index (Phi) is 9.11. The Bertz CT molecular complexity index is 966. The van der Waals surface area contributed by atoms with E-state index in [0.29, 0.717) is 40.8 Å². The van der Waals surface area contributed by atoms with Crippen LogP contribution in [0.15, 0.2) is 84.4 Å². The molecular weight excluding hydrogens is 396 g/mol. The maximum atomic E-state index is 12.4. The molecule has 0 aliphatic heterocycles. The van der Waals surface area contributed by atoms with Crippen molar-refractivity contribution in [1.29, 1.82) is 0 Å². The molecule has 2 aromatic rings. The Balaban J connectivity index is 2.04. The fraction of sp³-hybridized carbons (Fsp3) is 0.200. The molecular formula is C25H26O6. The number of methoxy groups -OCH3 is 1. The summed E-state index contributed by atoms with van der Waals surface area (Å²) in [7, 11) is 1.55. The first kappa shape index (κ1) is 23.5. The van der Waals surface area contributed by atoms with Crippen LogP contribution in [-0.4, -0.2) is 25.7 Å². The predicted octanol–water partition coefficient (Wildman–Crippen LogP) is 5.47. The second-order valence-corrected chi connectivity index (χ2v) is 6.31. The van der Waals surface area contributed by atoms with E-state index in [1.54, 1.807) is 93.8 Å². The largest absolute Gasteiger partial charge is 0.497 e. The number of ether oxygens (including phenoxy) is 4. The third-order valence-electron chi connectivity index (χ3n) is 4.00. The molecule has 162 valence electrons. The Morgan fingerprint density at radius 3 is 1.90 bits per heavy atom. The smallest absolute Gasteiger partial charge is 0.343 e. The summed E-state index contributed by atoms with van der Waals surface area (Å²) in [6.45, 7) is 5.88. The SMILES string of the molecule is C\C=C/C(=C\C=C(/C)OC(=O)c1ccc(OCC)cc1)OC(=O)c1ccc(OC)cc1. The van der Waals surface area contributed by atoms with Crippen molar-refractivity contribution < 1.29 is 28.5 Å². The minimum Gasteiger partial charge on any atom is -0.497 e. The minimum absolute atomic E-state index is 0.305. The monoisotopic (exact) mass is 422 g/mol. The summed E-state index contributed by atoms with van der Waals surface area (Å²) in [6.07, 6.45) is 6.49. The summed E-state index contributed by atoms with van der Waals surface area (Å²) < 4.78 is 21.2. The van der Waals surface area contributed by atoms with Crippen LogP contribution < -0.4 is 9.47 Å². The summed E-state index contributed by atoms with van der Waals surface area (Å²) in [5, 5.41) is 0. The number of benzene rings is 2. The number of carbonyl (C=O) groups is 2. The molecule has 0 bridgehead atoms. The zero-order valence-electron chi connectivity index (χ0n) is 18.1. The van der Waals surface area contributed by atoms with E-state index in [1.807, 2.05) is 6.92 Å². The van der Waals surface area contributed by atoms with Gasteiger partial charge in [0.25, 0.3) is 0 Å². The summed E-state index contributed by atoms with van der Waals surface area (Å²) in [4.78, 5) is 24.6. The molecule has 0 heterocycles. The van der Waals surface area contributed by atoms with E-state index in [0.717, 1.165) is 0 Å². The first-order valence-electron chi connectivity index (χ1n) is 9.79. The quantitative estimate of drug-likeness (QED) is 0.303. The number of allylic oxidation sites excluding steroid dienone is 5. The van der Waals surface area contributed by atoms with Gasteiger partial charge < -0.3 is 18.9 Å². The predicted molar refractivity (Wildman–Crippen MR) is 118 cm³/mol. The Morgan fingerprint density at radius 1 is 0.839 bits per heavy atom. The molecule has 0 spiro atoms. The standard InChI is InChI=1S/C25H26O6/c1-5-7-23(31-25(27)20-9-14-21(28-4)15-10-20)13-8-18(3)30-24(26)19-11-16-22(17-12-19)29-6-2/h5,7-17H,6H2,1-4H3/b7-5-,18-8+,23-13+. The fourth-order valence-corrected chi connectivity index (χ4v) is 2.47.